The number of amides is 2. The van der Waals surface area contributed by atoms with Crippen LogP contribution in [-0.2, 0) is 19.1 Å². The van der Waals surface area contributed by atoms with E-state index in [-0.39, 0.29) is 25.2 Å². The molecule has 3 rings (SSSR count). The third-order valence-electron chi connectivity index (χ3n) is 4.92. The van der Waals surface area contributed by atoms with E-state index in [0.717, 1.165) is 16.9 Å². The Bertz CT molecular complexity index is 1230. The molecule has 0 aliphatic heterocycles. The van der Waals surface area contributed by atoms with Crippen LogP contribution in [0, 0.1) is 13.8 Å². The number of ether oxygens (including phenoxy) is 2. The van der Waals surface area contributed by atoms with Crippen molar-refractivity contribution in [1.29, 1.82) is 0 Å². The quantitative estimate of drug-likeness (QED) is 0.285. The Morgan fingerprint density at radius 3 is 2.03 bits per heavy atom. The molecule has 7 nitrogen and oxygen atoms in total. The van der Waals surface area contributed by atoms with Gasteiger partial charge in [0.15, 0.2) is 6.61 Å². The number of rotatable bonds is 10. The molecule has 3 aromatic carbocycles. The van der Waals surface area contributed by atoms with Gasteiger partial charge in [0, 0.05) is 24.2 Å². The summed E-state index contributed by atoms with van der Waals surface area (Å²) in [6.07, 6.45) is 0.425. The van der Waals surface area contributed by atoms with Gasteiger partial charge in [0.2, 0.25) is 5.91 Å². The van der Waals surface area contributed by atoms with E-state index in [2.05, 4.69) is 16.7 Å². The van der Waals surface area contributed by atoms with E-state index in [1.807, 2.05) is 26.0 Å². The van der Waals surface area contributed by atoms with Gasteiger partial charge in [0.1, 0.15) is 11.5 Å². The molecule has 188 valence electrons. The van der Waals surface area contributed by atoms with Gasteiger partial charge in [-0.2, -0.15) is 0 Å². The van der Waals surface area contributed by atoms with Crippen LogP contribution in [0.25, 0.3) is 0 Å². The van der Waals surface area contributed by atoms with Crippen molar-refractivity contribution >= 4 is 52.4 Å². The number of nitrogens with one attached hydrogen (secondary N) is 2. The summed E-state index contributed by atoms with van der Waals surface area (Å²) in [6.45, 7) is 3.57. The smallest absolute Gasteiger partial charge is 0.306 e. The molecule has 3 aromatic rings. The van der Waals surface area contributed by atoms with E-state index in [1.165, 1.54) is 6.07 Å². The van der Waals surface area contributed by atoms with Crippen LogP contribution in [0.5, 0.6) is 11.5 Å². The molecule has 0 spiro atoms. The van der Waals surface area contributed by atoms with Crippen molar-refractivity contribution in [2.45, 2.75) is 33.1 Å². The van der Waals surface area contributed by atoms with Gasteiger partial charge in [0.25, 0.3) is 5.91 Å². The van der Waals surface area contributed by atoms with Crippen molar-refractivity contribution in [2.24, 2.45) is 0 Å². The molecule has 2 amide bonds. The van der Waals surface area contributed by atoms with Crippen LogP contribution < -0.4 is 15.4 Å². The van der Waals surface area contributed by atoms with Gasteiger partial charge >= 0.3 is 5.97 Å². The molecule has 9 heteroatoms. The molecular formula is C27H26Cl2N2O5. The molecule has 0 fully saturated rings. The average Bonchev–Trinajstić information content (AvgIpc) is 2.81. The van der Waals surface area contributed by atoms with Crippen LogP contribution in [0.3, 0.4) is 0 Å². The third kappa shape index (κ3) is 8.91. The van der Waals surface area contributed by atoms with E-state index in [1.54, 1.807) is 36.4 Å². The second kappa shape index (κ2) is 13.0. The van der Waals surface area contributed by atoms with Gasteiger partial charge in [-0.3, -0.25) is 14.4 Å². The number of hydrogen-bond donors (Lipinski definition) is 2. The van der Waals surface area contributed by atoms with Crippen molar-refractivity contribution in [3.8, 4) is 11.5 Å². The number of benzene rings is 3. The maximum atomic E-state index is 12.2. The minimum Gasteiger partial charge on any atom is -0.457 e. The van der Waals surface area contributed by atoms with Crippen LogP contribution in [-0.4, -0.2) is 24.4 Å². The Labute approximate surface area is 219 Å². The Kier molecular flexibility index (Phi) is 9.73. The molecule has 0 heterocycles. The maximum absolute atomic E-state index is 12.2. The van der Waals surface area contributed by atoms with E-state index < -0.39 is 18.5 Å². The van der Waals surface area contributed by atoms with Gasteiger partial charge in [-0.25, -0.2) is 0 Å². The lowest BCUT2D eigenvalue weighted by Crippen LogP contribution is -2.21. The summed E-state index contributed by atoms with van der Waals surface area (Å²) in [5.74, 6) is 0.0968. The standard InChI is InChI=1S/C27H26Cl2N2O5/c1-17-12-18(2)14-22(13-17)36-21-9-6-19(7-10-21)30-25(32)4-3-5-27(34)35-16-26(33)31-20-8-11-23(28)24(29)15-20/h6-15H,3-5,16H2,1-2H3,(H,30,32)(H,31,33). The van der Waals surface area contributed by atoms with Crippen molar-refractivity contribution in [3.63, 3.8) is 0 Å². The highest BCUT2D eigenvalue weighted by atomic mass is 35.5. The summed E-state index contributed by atoms with van der Waals surface area (Å²) in [6, 6.07) is 17.6. The summed E-state index contributed by atoms with van der Waals surface area (Å²) in [4.78, 5) is 36.0. The van der Waals surface area contributed by atoms with Crippen molar-refractivity contribution in [2.75, 3.05) is 17.2 Å². The van der Waals surface area contributed by atoms with Gasteiger partial charge in [0.05, 0.1) is 10.0 Å². The summed E-state index contributed by atoms with van der Waals surface area (Å²) in [7, 11) is 0. The normalized spacial score (nSPS) is 10.4. The summed E-state index contributed by atoms with van der Waals surface area (Å²) in [5, 5.41) is 6.00. The fourth-order valence-electron chi connectivity index (χ4n) is 3.34. The molecule has 2 N–H and O–H groups in total. The predicted molar refractivity (Wildman–Crippen MR) is 141 cm³/mol. The number of carbonyl (C=O) groups is 3. The fraction of sp³-hybridized carbons (Fsp3) is 0.222. The second-order valence-electron chi connectivity index (χ2n) is 8.19. The first-order valence-corrected chi connectivity index (χ1v) is 12.0. The molecule has 0 saturated heterocycles. The van der Waals surface area contributed by atoms with Crippen molar-refractivity contribution in [1.82, 2.24) is 0 Å². The van der Waals surface area contributed by atoms with E-state index in [9.17, 15) is 14.4 Å². The average molecular weight is 529 g/mol. The number of halogens is 2. The number of hydrogen-bond acceptors (Lipinski definition) is 5. The largest absolute Gasteiger partial charge is 0.457 e. The molecular weight excluding hydrogens is 503 g/mol. The zero-order valence-corrected chi connectivity index (χ0v) is 21.4. The first kappa shape index (κ1) is 27.0. The highest BCUT2D eigenvalue weighted by Gasteiger charge is 2.11. The third-order valence-corrected chi connectivity index (χ3v) is 5.66. The van der Waals surface area contributed by atoms with Crippen LogP contribution in [0.15, 0.2) is 60.7 Å². The van der Waals surface area contributed by atoms with Crippen LogP contribution in [0.1, 0.15) is 30.4 Å². The van der Waals surface area contributed by atoms with Crippen LogP contribution >= 0.6 is 23.2 Å². The number of esters is 1. The Balaban J connectivity index is 1.34. The Hall–Kier alpha value is -3.55. The van der Waals surface area contributed by atoms with E-state index in [0.29, 0.717) is 27.2 Å². The molecule has 0 aromatic heterocycles. The Morgan fingerprint density at radius 2 is 1.36 bits per heavy atom. The maximum Gasteiger partial charge on any atom is 0.306 e. The monoisotopic (exact) mass is 528 g/mol. The lowest BCUT2D eigenvalue weighted by molar-refractivity contribution is -0.147. The minimum atomic E-state index is -0.569. The zero-order valence-electron chi connectivity index (χ0n) is 19.9. The van der Waals surface area contributed by atoms with Gasteiger partial charge < -0.3 is 20.1 Å². The SMILES string of the molecule is Cc1cc(C)cc(Oc2ccc(NC(=O)CCCC(=O)OCC(=O)Nc3ccc(Cl)c(Cl)c3)cc2)c1. The van der Waals surface area contributed by atoms with Crippen LogP contribution in [0.2, 0.25) is 10.0 Å². The van der Waals surface area contributed by atoms with E-state index >= 15 is 0 Å². The number of anilines is 2. The van der Waals surface area contributed by atoms with Crippen LogP contribution in [0.4, 0.5) is 11.4 Å². The molecule has 0 aliphatic carbocycles. The predicted octanol–water partition coefficient (Wildman–Crippen LogP) is 6.69. The highest BCUT2D eigenvalue weighted by Crippen LogP contribution is 2.26. The summed E-state index contributed by atoms with van der Waals surface area (Å²) >= 11 is 11.7. The molecule has 36 heavy (non-hydrogen) atoms. The van der Waals surface area contributed by atoms with Gasteiger partial charge in [-0.05, 0) is 86.0 Å². The number of carbonyl (C=O) groups excluding carboxylic acids is 3. The molecule has 0 radical (unpaired) electrons. The molecule has 0 unspecified atom stereocenters. The lowest BCUT2D eigenvalue weighted by atomic mass is 10.1. The number of aryl methyl sites for hydroxylation is 2. The molecule has 0 atom stereocenters. The first-order valence-electron chi connectivity index (χ1n) is 11.2. The Morgan fingerprint density at radius 1 is 0.722 bits per heavy atom. The molecule has 0 aliphatic rings. The fourth-order valence-corrected chi connectivity index (χ4v) is 3.64. The lowest BCUT2D eigenvalue weighted by Gasteiger charge is -2.10. The minimum absolute atomic E-state index is 0.0101. The second-order valence-corrected chi connectivity index (χ2v) is 9.00. The molecule has 0 saturated carbocycles. The zero-order chi connectivity index (χ0) is 26.1. The summed E-state index contributed by atoms with van der Waals surface area (Å²) < 4.78 is 10.8. The molecule has 0 bridgehead atoms. The van der Waals surface area contributed by atoms with Gasteiger partial charge in [-0.15, -0.1) is 0 Å². The van der Waals surface area contributed by atoms with Crippen molar-refractivity contribution < 1.29 is 23.9 Å². The van der Waals surface area contributed by atoms with E-state index in [4.69, 9.17) is 32.7 Å². The topological polar surface area (TPSA) is 93.7 Å². The highest BCUT2D eigenvalue weighted by molar-refractivity contribution is 6.42. The first-order chi connectivity index (χ1) is 17.2. The van der Waals surface area contributed by atoms with Crippen molar-refractivity contribution in [3.05, 3.63) is 81.8 Å². The summed E-state index contributed by atoms with van der Waals surface area (Å²) in [5.41, 5.74) is 3.29. The van der Waals surface area contributed by atoms with Gasteiger partial charge in [-0.1, -0.05) is 29.3 Å².